The van der Waals surface area contributed by atoms with E-state index in [0.717, 1.165) is 12.1 Å². The van der Waals surface area contributed by atoms with E-state index in [4.69, 9.17) is 5.26 Å². The van der Waals surface area contributed by atoms with E-state index < -0.39 is 15.8 Å². The molecule has 0 amide bonds. The summed E-state index contributed by atoms with van der Waals surface area (Å²) < 4.78 is 38.8. The fourth-order valence-electron chi connectivity index (χ4n) is 1.45. The molecule has 0 atom stereocenters. The Morgan fingerprint density at radius 1 is 1.50 bits per heavy atom. The molecule has 0 aliphatic rings. The highest BCUT2D eigenvalue weighted by molar-refractivity contribution is 9.10. The summed E-state index contributed by atoms with van der Waals surface area (Å²) in [7, 11) is -3.70. The molecule has 0 fully saturated rings. The quantitative estimate of drug-likeness (QED) is 0.831. The molecule has 1 aromatic rings. The van der Waals surface area contributed by atoms with Gasteiger partial charge < -0.3 is 0 Å². The van der Waals surface area contributed by atoms with Crippen LogP contribution >= 0.6 is 15.9 Å². The summed E-state index contributed by atoms with van der Waals surface area (Å²) in [6.45, 7) is 2.07. The van der Waals surface area contributed by atoms with Crippen molar-refractivity contribution in [2.45, 2.75) is 18.2 Å². The van der Waals surface area contributed by atoms with Gasteiger partial charge in [-0.3, -0.25) is 0 Å². The SMILES string of the molecule is CCN(CCC#N)S(=O)(=O)c1ccc(F)cc1Br. The zero-order chi connectivity index (χ0) is 13.8. The summed E-state index contributed by atoms with van der Waals surface area (Å²) >= 11 is 3.04. The number of hydrogen-bond acceptors (Lipinski definition) is 3. The molecule has 0 unspecified atom stereocenters. The highest BCUT2D eigenvalue weighted by atomic mass is 79.9. The Morgan fingerprint density at radius 2 is 2.17 bits per heavy atom. The average Bonchev–Trinajstić information content (AvgIpc) is 2.29. The van der Waals surface area contributed by atoms with E-state index >= 15 is 0 Å². The van der Waals surface area contributed by atoms with Gasteiger partial charge in [0.25, 0.3) is 0 Å². The second-order valence-corrected chi connectivity index (χ2v) is 6.24. The highest BCUT2D eigenvalue weighted by Gasteiger charge is 2.25. The van der Waals surface area contributed by atoms with E-state index in [1.54, 1.807) is 6.92 Å². The lowest BCUT2D eigenvalue weighted by Gasteiger charge is -2.19. The molecule has 7 heteroatoms. The number of benzene rings is 1. The van der Waals surface area contributed by atoms with E-state index in [-0.39, 0.29) is 28.9 Å². The van der Waals surface area contributed by atoms with Crippen molar-refractivity contribution in [3.05, 3.63) is 28.5 Å². The van der Waals surface area contributed by atoms with Crippen molar-refractivity contribution < 1.29 is 12.8 Å². The number of sulfonamides is 1. The predicted molar refractivity (Wildman–Crippen MR) is 68.8 cm³/mol. The van der Waals surface area contributed by atoms with Crippen LogP contribution in [0.25, 0.3) is 0 Å². The first kappa shape index (κ1) is 15.1. The Balaban J connectivity index is 3.15. The molecule has 0 saturated carbocycles. The Bertz CT molecular complexity index is 569. The van der Waals surface area contributed by atoms with Gasteiger partial charge >= 0.3 is 0 Å². The van der Waals surface area contributed by atoms with Crippen molar-refractivity contribution in [2.75, 3.05) is 13.1 Å². The molecule has 98 valence electrons. The van der Waals surface area contributed by atoms with Crippen molar-refractivity contribution >= 4 is 26.0 Å². The maximum Gasteiger partial charge on any atom is 0.244 e. The topological polar surface area (TPSA) is 61.2 Å². The molecule has 0 bridgehead atoms. The number of hydrogen-bond donors (Lipinski definition) is 0. The summed E-state index contributed by atoms with van der Waals surface area (Å²) in [5.41, 5.74) is 0. The molecule has 0 aliphatic carbocycles. The van der Waals surface area contributed by atoms with Gasteiger partial charge in [-0.05, 0) is 34.1 Å². The molecule has 18 heavy (non-hydrogen) atoms. The fourth-order valence-corrected chi connectivity index (χ4v) is 3.91. The van der Waals surface area contributed by atoms with Gasteiger partial charge in [-0.1, -0.05) is 6.92 Å². The Kier molecular flexibility index (Phi) is 5.26. The maximum absolute atomic E-state index is 12.9. The largest absolute Gasteiger partial charge is 0.244 e. The monoisotopic (exact) mass is 334 g/mol. The van der Waals surface area contributed by atoms with Crippen molar-refractivity contribution in [2.24, 2.45) is 0 Å². The lowest BCUT2D eigenvalue weighted by atomic mass is 10.3. The van der Waals surface area contributed by atoms with Crippen LogP contribution in [0.1, 0.15) is 13.3 Å². The van der Waals surface area contributed by atoms with E-state index in [1.807, 2.05) is 6.07 Å². The molecule has 0 aromatic heterocycles. The molecule has 0 heterocycles. The minimum atomic E-state index is -3.70. The molecule has 1 rings (SSSR count). The van der Waals surface area contributed by atoms with E-state index in [9.17, 15) is 12.8 Å². The average molecular weight is 335 g/mol. The summed E-state index contributed by atoms with van der Waals surface area (Å²) in [5.74, 6) is -0.513. The maximum atomic E-state index is 12.9. The van der Waals surface area contributed by atoms with Crippen LogP contribution < -0.4 is 0 Å². The van der Waals surface area contributed by atoms with Crippen LogP contribution in [0, 0.1) is 17.1 Å². The van der Waals surface area contributed by atoms with Gasteiger partial charge in [0.2, 0.25) is 10.0 Å². The van der Waals surface area contributed by atoms with Crippen LogP contribution in [0.15, 0.2) is 27.6 Å². The van der Waals surface area contributed by atoms with Crippen LogP contribution in [0.5, 0.6) is 0 Å². The summed E-state index contributed by atoms with van der Waals surface area (Å²) in [5, 5.41) is 8.51. The number of halogens is 2. The van der Waals surface area contributed by atoms with Crippen molar-refractivity contribution in [1.29, 1.82) is 5.26 Å². The van der Waals surface area contributed by atoms with Crippen LogP contribution in [0.3, 0.4) is 0 Å². The molecule has 0 N–H and O–H groups in total. The third-order valence-corrected chi connectivity index (χ3v) is 5.29. The molecule has 0 aliphatic heterocycles. The first-order chi connectivity index (χ1) is 8.43. The molecule has 0 spiro atoms. The van der Waals surface area contributed by atoms with E-state index in [0.29, 0.717) is 0 Å². The van der Waals surface area contributed by atoms with Crippen LogP contribution in [0.4, 0.5) is 4.39 Å². The zero-order valence-electron chi connectivity index (χ0n) is 9.73. The Labute approximate surface area is 114 Å². The predicted octanol–water partition coefficient (Wildman–Crippen LogP) is 2.51. The third-order valence-electron chi connectivity index (χ3n) is 2.34. The molecule has 4 nitrogen and oxygen atoms in total. The number of rotatable bonds is 5. The van der Waals surface area contributed by atoms with E-state index in [2.05, 4.69) is 15.9 Å². The standard InChI is InChI=1S/C11H12BrFN2O2S/c1-2-15(7-3-6-14)18(16,17)11-5-4-9(13)8-10(11)12/h4-5,8H,2-3,7H2,1H3. The lowest BCUT2D eigenvalue weighted by Crippen LogP contribution is -2.32. The van der Waals surface area contributed by atoms with Crippen LogP contribution in [0.2, 0.25) is 0 Å². The van der Waals surface area contributed by atoms with Crippen molar-refractivity contribution in [1.82, 2.24) is 4.31 Å². The van der Waals surface area contributed by atoms with Gasteiger partial charge in [0.15, 0.2) is 0 Å². The summed E-state index contributed by atoms with van der Waals surface area (Å²) in [4.78, 5) is 0.00342. The van der Waals surface area contributed by atoms with Crippen LogP contribution in [-0.4, -0.2) is 25.8 Å². The van der Waals surface area contributed by atoms with Gasteiger partial charge in [-0.15, -0.1) is 0 Å². The molecule has 0 radical (unpaired) electrons. The van der Waals surface area contributed by atoms with E-state index in [1.165, 1.54) is 10.4 Å². The summed E-state index contributed by atoms with van der Waals surface area (Å²) in [6, 6.07) is 5.31. The molecular formula is C11H12BrFN2O2S. The van der Waals surface area contributed by atoms with Gasteiger partial charge in [-0.25, -0.2) is 12.8 Å². The van der Waals surface area contributed by atoms with Crippen molar-refractivity contribution in [3.8, 4) is 6.07 Å². The normalized spacial score (nSPS) is 11.5. The second kappa shape index (κ2) is 6.27. The first-order valence-electron chi connectivity index (χ1n) is 5.25. The zero-order valence-corrected chi connectivity index (χ0v) is 12.1. The number of nitrogens with zero attached hydrogens (tertiary/aromatic N) is 2. The van der Waals surface area contributed by atoms with Gasteiger partial charge in [0.1, 0.15) is 5.82 Å². The second-order valence-electron chi connectivity index (χ2n) is 3.48. The van der Waals surface area contributed by atoms with Crippen molar-refractivity contribution in [3.63, 3.8) is 0 Å². The molecule has 0 saturated heterocycles. The minimum Gasteiger partial charge on any atom is -0.207 e. The Hall–Kier alpha value is -0.970. The fraction of sp³-hybridized carbons (Fsp3) is 0.364. The summed E-state index contributed by atoms with van der Waals surface area (Å²) in [6.07, 6.45) is 0.117. The molecular weight excluding hydrogens is 323 g/mol. The Morgan fingerprint density at radius 3 is 2.67 bits per heavy atom. The molecule has 1 aromatic carbocycles. The van der Waals surface area contributed by atoms with Crippen LogP contribution in [-0.2, 0) is 10.0 Å². The van der Waals surface area contributed by atoms with Gasteiger partial charge in [0.05, 0.1) is 11.0 Å². The smallest absolute Gasteiger partial charge is 0.207 e. The van der Waals surface area contributed by atoms with Gasteiger partial charge in [-0.2, -0.15) is 9.57 Å². The number of nitriles is 1. The minimum absolute atomic E-state index is 0.00342. The highest BCUT2D eigenvalue weighted by Crippen LogP contribution is 2.25. The lowest BCUT2D eigenvalue weighted by molar-refractivity contribution is 0.434. The first-order valence-corrected chi connectivity index (χ1v) is 7.49. The third kappa shape index (κ3) is 3.28. The van der Waals surface area contributed by atoms with Gasteiger partial charge in [0, 0.05) is 24.0 Å².